The van der Waals surface area contributed by atoms with Crippen LogP contribution in [0.3, 0.4) is 0 Å². The molecule has 3 nitrogen and oxygen atoms in total. The number of hydrogen-bond acceptors (Lipinski definition) is 3. The van der Waals surface area contributed by atoms with Gasteiger partial charge in [0.2, 0.25) is 0 Å². The van der Waals surface area contributed by atoms with Crippen LogP contribution < -0.4 is 4.90 Å². The number of rotatable bonds is 4. The number of hydrogen-bond donors (Lipinski definition) is 0. The molecule has 0 aliphatic heterocycles. The number of pyridine rings is 1. The number of nitrogens with zero attached hydrogens (tertiary/aromatic N) is 2. The van der Waals surface area contributed by atoms with Crippen molar-refractivity contribution in [3.8, 4) is 0 Å². The fraction of sp³-hybridized carbons (Fsp3) is 0.625. The van der Waals surface area contributed by atoms with Gasteiger partial charge in [-0.1, -0.05) is 6.42 Å². The first-order valence-electron chi connectivity index (χ1n) is 7.31. The summed E-state index contributed by atoms with van der Waals surface area (Å²) in [7, 11) is 2.11. The fourth-order valence-corrected chi connectivity index (χ4v) is 3.87. The highest BCUT2D eigenvalue weighted by Crippen LogP contribution is 2.48. The molecule has 19 heavy (non-hydrogen) atoms. The number of carbonyl (C=O) groups excluding carboxylic acids is 1. The van der Waals surface area contributed by atoms with Gasteiger partial charge in [0.05, 0.1) is 0 Å². The van der Waals surface area contributed by atoms with E-state index < -0.39 is 0 Å². The van der Waals surface area contributed by atoms with Gasteiger partial charge in [0.15, 0.2) is 5.78 Å². The first-order valence-corrected chi connectivity index (χ1v) is 7.31. The van der Waals surface area contributed by atoms with Crippen molar-refractivity contribution in [1.82, 2.24) is 4.98 Å². The van der Waals surface area contributed by atoms with Crippen molar-refractivity contribution in [3.63, 3.8) is 0 Å². The highest BCUT2D eigenvalue weighted by Gasteiger charge is 2.39. The molecule has 0 N–H and O–H groups in total. The van der Waals surface area contributed by atoms with Crippen LogP contribution in [0.25, 0.3) is 0 Å². The fourth-order valence-electron chi connectivity index (χ4n) is 3.87. The molecule has 2 aliphatic carbocycles. The molecule has 0 radical (unpaired) electrons. The van der Waals surface area contributed by atoms with Crippen molar-refractivity contribution in [2.75, 3.05) is 18.5 Å². The molecule has 2 bridgehead atoms. The molecule has 1 aromatic heterocycles. The van der Waals surface area contributed by atoms with Gasteiger partial charge in [0.25, 0.3) is 0 Å². The van der Waals surface area contributed by atoms with Crippen molar-refractivity contribution in [1.29, 1.82) is 0 Å². The van der Waals surface area contributed by atoms with E-state index in [9.17, 15) is 4.79 Å². The predicted octanol–water partition coefficient (Wildman–Crippen LogP) is 3.16. The van der Waals surface area contributed by atoms with Gasteiger partial charge in [-0.25, -0.2) is 4.98 Å². The number of aromatic nitrogens is 1. The summed E-state index contributed by atoms with van der Waals surface area (Å²) in [5, 5.41) is 0. The second kappa shape index (κ2) is 4.95. The lowest BCUT2D eigenvalue weighted by molar-refractivity contribution is 0.101. The molecular formula is C16H22N2O. The van der Waals surface area contributed by atoms with Crippen LogP contribution in [0.1, 0.15) is 43.0 Å². The van der Waals surface area contributed by atoms with Crippen LogP contribution >= 0.6 is 0 Å². The Bertz CT molecular complexity index is 468. The summed E-state index contributed by atoms with van der Waals surface area (Å²) >= 11 is 0. The Balaban J connectivity index is 1.63. The van der Waals surface area contributed by atoms with Gasteiger partial charge in [0.1, 0.15) is 5.82 Å². The third kappa shape index (κ3) is 2.51. The topological polar surface area (TPSA) is 33.2 Å². The van der Waals surface area contributed by atoms with Crippen LogP contribution in [0.2, 0.25) is 0 Å². The minimum absolute atomic E-state index is 0.0785. The van der Waals surface area contributed by atoms with E-state index in [4.69, 9.17) is 0 Å². The Morgan fingerprint density at radius 1 is 1.37 bits per heavy atom. The molecule has 2 fully saturated rings. The molecule has 3 rings (SSSR count). The summed E-state index contributed by atoms with van der Waals surface area (Å²) < 4.78 is 0. The van der Waals surface area contributed by atoms with Crippen molar-refractivity contribution >= 4 is 11.6 Å². The summed E-state index contributed by atoms with van der Waals surface area (Å²) in [5.74, 6) is 3.85. The molecule has 3 unspecified atom stereocenters. The van der Waals surface area contributed by atoms with Crippen LogP contribution in [0.15, 0.2) is 18.3 Å². The first kappa shape index (κ1) is 12.6. The molecule has 2 aliphatic rings. The Labute approximate surface area is 115 Å². The second-order valence-electron chi connectivity index (χ2n) is 6.28. The van der Waals surface area contributed by atoms with Crippen LogP contribution in [0.4, 0.5) is 5.82 Å². The number of carbonyl (C=O) groups is 1. The van der Waals surface area contributed by atoms with E-state index in [-0.39, 0.29) is 5.78 Å². The Morgan fingerprint density at radius 3 is 2.74 bits per heavy atom. The van der Waals surface area contributed by atoms with E-state index in [0.717, 1.165) is 30.1 Å². The van der Waals surface area contributed by atoms with Gasteiger partial charge in [-0.15, -0.1) is 0 Å². The largest absolute Gasteiger partial charge is 0.359 e. The molecule has 1 heterocycles. The number of Topliss-reactive ketones (excluding diaryl/α,β-unsaturated/α-hetero) is 1. The number of anilines is 1. The highest BCUT2D eigenvalue weighted by atomic mass is 16.1. The molecule has 102 valence electrons. The van der Waals surface area contributed by atoms with Crippen molar-refractivity contribution in [2.45, 2.75) is 32.6 Å². The zero-order chi connectivity index (χ0) is 13.4. The minimum Gasteiger partial charge on any atom is -0.359 e. The summed E-state index contributed by atoms with van der Waals surface area (Å²) in [6.45, 7) is 2.68. The van der Waals surface area contributed by atoms with Crippen LogP contribution in [0.5, 0.6) is 0 Å². The van der Waals surface area contributed by atoms with Gasteiger partial charge in [-0.3, -0.25) is 4.79 Å². The molecule has 0 spiro atoms. The Kier molecular flexibility index (Phi) is 3.29. The van der Waals surface area contributed by atoms with Crippen LogP contribution in [0, 0.1) is 17.8 Å². The van der Waals surface area contributed by atoms with Gasteiger partial charge >= 0.3 is 0 Å². The van der Waals surface area contributed by atoms with Gasteiger partial charge in [-0.2, -0.15) is 0 Å². The molecule has 0 aromatic carbocycles. The Hall–Kier alpha value is -1.38. The lowest BCUT2D eigenvalue weighted by atomic mass is 9.88. The number of fused-ring (bicyclic) bond motifs is 2. The molecule has 3 atom stereocenters. The van der Waals surface area contributed by atoms with Crippen LogP contribution in [-0.4, -0.2) is 24.4 Å². The van der Waals surface area contributed by atoms with E-state index in [1.807, 2.05) is 12.1 Å². The lowest BCUT2D eigenvalue weighted by Crippen LogP contribution is -2.29. The summed E-state index contributed by atoms with van der Waals surface area (Å²) in [5.41, 5.74) is 0.692. The third-order valence-electron chi connectivity index (χ3n) is 4.94. The van der Waals surface area contributed by atoms with Crippen LogP contribution in [-0.2, 0) is 0 Å². The zero-order valence-electron chi connectivity index (χ0n) is 11.8. The zero-order valence-corrected chi connectivity index (χ0v) is 11.8. The number of ketones is 1. The SMILES string of the molecule is CC(=O)c1ccc(N(C)CC2CC3CCC2C3)nc1. The second-order valence-corrected chi connectivity index (χ2v) is 6.28. The maximum absolute atomic E-state index is 11.2. The van der Waals surface area contributed by atoms with Crippen molar-refractivity contribution < 1.29 is 4.79 Å². The third-order valence-corrected chi connectivity index (χ3v) is 4.94. The standard InChI is InChI=1S/C16H22N2O/c1-11(19)14-5-6-16(17-9-14)18(2)10-15-8-12-3-4-13(15)7-12/h5-6,9,12-13,15H,3-4,7-8,10H2,1-2H3. The van der Waals surface area contributed by atoms with Crippen molar-refractivity contribution in [3.05, 3.63) is 23.9 Å². The minimum atomic E-state index is 0.0785. The molecular weight excluding hydrogens is 236 g/mol. The van der Waals surface area contributed by atoms with E-state index in [1.165, 1.54) is 25.7 Å². The van der Waals surface area contributed by atoms with Gasteiger partial charge in [0, 0.05) is 25.4 Å². The molecule has 2 saturated carbocycles. The Morgan fingerprint density at radius 2 is 2.21 bits per heavy atom. The van der Waals surface area contributed by atoms with Crippen molar-refractivity contribution in [2.24, 2.45) is 17.8 Å². The quantitative estimate of drug-likeness (QED) is 0.778. The molecule has 0 saturated heterocycles. The summed E-state index contributed by atoms with van der Waals surface area (Å²) in [4.78, 5) is 17.9. The molecule has 1 aromatic rings. The maximum Gasteiger partial charge on any atom is 0.161 e. The van der Waals surface area contributed by atoms with Gasteiger partial charge < -0.3 is 4.90 Å². The normalized spacial score (nSPS) is 28.6. The summed E-state index contributed by atoms with van der Waals surface area (Å²) in [6, 6.07) is 3.84. The predicted molar refractivity (Wildman–Crippen MR) is 76.4 cm³/mol. The smallest absolute Gasteiger partial charge is 0.161 e. The van der Waals surface area contributed by atoms with E-state index in [0.29, 0.717) is 5.56 Å². The molecule has 0 amide bonds. The summed E-state index contributed by atoms with van der Waals surface area (Å²) in [6.07, 6.45) is 7.43. The van der Waals surface area contributed by atoms with E-state index >= 15 is 0 Å². The lowest BCUT2D eigenvalue weighted by Gasteiger charge is -2.27. The van der Waals surface area contributed by atoms with E-state index in [1.54, 1.807) is 13.1 Å². The highest BCUT2D eigenvalue weighted by molar-refractivity contribution is 5.93. The van der Waals surface area contributed by atoms with Gasteiger partial charge in [-0.05, 0) is 56.1 Å². The van der Waals surface area contributed by atoms with E-state index in [2.05, 4.69) is 16.9 Å². The monoisotopic (exact) mass is 258 g/mol. The average Bonchev–Trinajstić information content (AvgIpc) is 3.01. The first-order chi connectivity index (χ1) is 9.13. The molecule has 3 heteroatoms. The average molecular weight is 258 g/mol. The maximum atomic E-state index is 11.2.